The number of carbonyl (C=O) groups is 2. The van der Waals surface area contributed by atoms with Crippen LogP contribution in [0.1, 0.15) is 20.8 Å². The zero-order chi connectivity index (χ0) is 20.1. The molecule has 144 valence electrons. The highest BCUT2D eigenvalue weighted by molar-refractivity contribution is 7.12. The van der Waals surface area contributed by atoms with Crippen LogP contribution in [0.4, 0.5) is 11.4 Å². The number of hydrogen-bond donors (Lipinski definition) is 2. The van der Waals surface area contributed by atoms with Crippen molar-refractivity contribution in [2.45, 2.75) is 13.8 Å². The maximum atomic E-state index is 12.2. The van der Waals surface area contributed by atoms with Gasteiger partial charge in [0, 0.05) is 5.69 Å². The van der Waals surface area contributed by atoms with E-state index in [9.17, 15) is 9.59 Å². The molecule has 2 aromatic carbocycles. The summed E-state index contributed by atoms with van der Waals surface area (Å²) in [6.45, 7) is 3.78. The Morgan fingerprint density at radius 2 is 1.89 bits per heavy atom. The van der Waals surface area contributed by atoms with Crippen molar-refractivity contribution in [2.75, 3.05) is 17.2 Å². The Hall–Kier alpha value is -2.83. The summed E-state index contributed by atoms with van der Waals surface area (Å²) in [5, 5.41) is 7.65. The lowest BCUT2D eigenvalue weighted by molar-refractivity contribution is -0.118. The molecule has 28 heavy (non-hydrogen) atoms. The van der Waals surface area contributed by atoms with Crippen molar-refractivity contribution < 1.29 is 14.3 Å². The van der Waals surface area contributed by atoms with Crippen LogP contribution in [0, 0.1) is 13.8 Å². The zero-order valence-corrected chi connectivity index (χ0v) is 17.0. The van der Waals surface area contributed by atoms with Gasteiger partial charge in [0.15, 0.2) is 6.61 Å². The van der Waals surface area contributed by atoms with Crippen molar-refractivity contribution in [2.24, 2.45) is 0 Å². The van der Waals surface area contributed by atoms with Crippen LogP contribution in [-0.2, 0) is 4.79 Å². The van der Waals surface area contributed by atoms with Gasteiger partial charge in [-0.2, -0.15) is 0 Å². The molecule has 0 fully saturated rings. The Kier molecular flexibility index (Phi) is 6.34. The minimum Gasteiger partial charge on any atom is -0.483 e. The van der Waals surface area contributed by atoms with Crippen molar-refractivity contribution in [1.82, 2.24) is 0 Å². The summed E-state index contributed by atoms with van der Waals surface area (Å²) < 4.78 is 5.60. The van der Waals surface area contributed by atoms with Gasteiger partial charge in [0.1, 0.15) is 5.75 Å². The number of carbonyl (C=O) groups excluding carboxylic acids is 2. The summed E-state index contributed by atoms with van der Waals surface area (Å²) >= 11 is 7.58. The highest BCUT2D eigenvalue weighted by Gasteiger charge is 2.11. The number of nitrogens with one attached hydrogen (secondary N) is 2. The standard InChI is InChI=1S/C21H19ClN2O3S/c1-13-5-6-14(2)18(10-13)27-12-20(25)23-15-7-8-17(16(22)11-15)24-21(26)19-4-3-9-28-19/h3-11H,12H2,1-2H3,(H,23,25)(H,24,26). The van der Waals surface area contributed by atoms with Crippen molar-refractivity contribution in [3.8, 4) is 5.75 Å². The molecule has 2 N–H and O–H groups in total. The molecule has 3 rings (SSSR count). The van der Waals surface area contributed by atoms with Gasteiger partial charge in [0.2, 0.25) is 0 Å². The fraction of sp³-hybridized carbons (Fsp3) is 0.143. The van der Waals surface area contributed by atoms with Gasteiger partial charge in [-0.05, 0) is 60.7 Å². The van der Waals surface area contributed by atoms with Crippen LogP contribution in [0.5, 0.6) is 5.75 Å². The number of anilines is 2. The molecular formula is C21H19ClN2O3S. The van der Waals surface area contributed by atoms with Gasteiger partial charge >= 0.3 is 0 Å². The highest BCUT2D eigenvalue weighted by Crippen LogP contribution is 2.26. The molecule has 2 amide bonds. The molecule has 0 unspecified atom stereocenters. The highest BCUT2D eigenvalue weighted by atomic mass is 35.5. The lowest BCUT2D eigenvalue weighted by atomic mass is 10.1. The zero-order valence-electron chi connectivity index (χ0n) is 15.4. The quantitative estimate of drug-likeness (QED) is 0.576. The van der Waals surface area contributed by atoms with Crippen LogP contribution < -0.4 is 15.4 Å². The van der Waals surface area contributed by atoms with E-state index in [4.69, 9.17) is 16.3 Å². The molecule has 3 aromatic rings. The summed E-state index contributed by atoms with van der Waals surface area (Å²) in [7, 11) is 0. The predicted molar refractivity (Wildman–Crippen MR) is 114 cm³/mol. The average molecular weight is 415 g/mol. The SMILES string of the molecule is Cc1ccc(C)c(OCC(=O)Nc2ccc(NC(=O)c3cccs3)c(Cl)c2)c1. The second-order valence-corrected chi connectivity index (χ2v) is 7.59. The first kappa shape index (κ1) is 19.9. The monoisotopic (exact) mass is 414 g/mol. The van der Waals surface area contributed by atoms with Gasteiger partial charge in [-0.15, -0.1) is 11.3 Å². The molecule has 1 aromatic heterocycles. The molecule has 0 aliphatic heterocycles. The second-order valence-electron chi connectivity index (χ2n) is 6.23. The van der Waals surface area contributed by atoms with Crippen molar-refractivity contribution in [3.63, 3.8) is 0 Å². The number of ether oxygens (including phenoxy) is 1. The van der Waals surface area contributed by atoms with E-state index in [1.54, 1.807) is 30.3 Å². The Balaban J connectivity index is 1.58. The predicted octanol–water partition coefficient (Wildman–Crippen LogP) is 5.29. The largest absolute Gasteiger partial charge is 0.483 e. The first-order valence-corrected chi connectivity index (χ1v) is 9.82. The third-order valence-corrected chi connectivity index (χ3v) is 5.13. The van der Waals surface area contributed by atoms with Gasteiger partial charge in [0.25, 0.3) is 11.8 Å². The van der Waals surface area contributed by atoms with E-state index < -0.39 is 0 Å². The van der Waals surface area contributed by atoms with Gasteiger partial charge in [0.05, 0.1) is 15.6 Å². The molecule has 0 aliphatic rings. The fourth-order valence-corrected chi connectivity index (χ4v) is 3.34. The lowest BCUT2D eigenvalue weighted by Crippen LogP contribution is -2.20. The van der Waals surface area contributed by atoms with E-state index in [-0.39, 0.29) is 18.4 Å². The van der Waals surface area contributed by atoms with Gasteiger partial charge < -0.3 is 15.4 Å². The number of halogens is 1. The number of benzene rings is 2. The Bertz CT molecular complexity index is 1000. The van der Waals surface area contributed by atoms with E-state index in [2.05, 4.69) is 10.6 Å². The molecule has 5 nitrogen and oxygen atoms in total. The van der Waals surface area contributed by atoms with E-state index in [1.165, 1.54) is 11.3 Å². The molecule has 0 aliphatic carbocycles. The number of rotatable bonds is 6. The molecule has 7 heteroatoms. The molecule has 0 saturated heterocycles. The Labute approximate surface area is 172 Å². The second kappa shape index (κ2) is 8.91. The van der Waals surface area contributed by atoms with E-state index in [0.29, 0.717) is 27.0 Å². The van der Waals surface area contributed by atoms with Crippen LogP contribution >= 0.6 is 22.9 Å². The minimum atomic E-state index is -0.299. The molecular weight excluding hydrogens is 396 g/mol. The number of hydrogen-bond acceptors (Lipinski definition) is 4. The van der Waals surface area contributed by atoms with E-state index in [0.717, 1.165) is 11.1 Å². The van der Waals surface area contributed by atoms with Crippen LogP contribution in [0.3, 0.4) is 0 Å². The summed E-state index contributed by atoms with van der Waals surface area (Å²) in [4.78, 5) is 24.9. The first-order valence-electron chi connectivity index (χ1n) is 8.56. The smallest absolute Gasteiger partial charge is 0.265 e. The minimum absolute atomic E-state index is 0.112. The molecule has 0 spiro atoms. The van der Waals surface area contributed by atoms with Gasteiger partial charge in [-0.3, -0.25) is 9.59 Å². The Morgan fingerprint density at radius 3 is 2.61 bits per heavy atom. The molecule has 0 saturated carbocycles. The summed E-state index contributed by atoms with van der Waals surface area (Å²) in [6, 6.07) is 14.3. The summed E-state index contributed by atoms with van der Waals surface area (Å²) in [6.07, 6.45) is 0. The van der Waals surface area contributed by atoms with Crippen LogP contribution in [0.15, 0.2) is 53.9 Å². The van der Waals surface area contributed by atoms with Crippen LogP contribution in [-0.4, -0.2) is 18.4 Å². The number of aryl methyl sites for hydroxylation is 2. The normalized spacial score (nSPS) is 10.4. The molecule has 1 heterocycles. The van der Waals surface area contributed by atoms with Crippen molar-refractivity contribution >= 4 is 46.1 Å². The molecule has 0 bridgehead atoms. The third kappa shape index (κ3) is 5.12. The van der Waals surface area contributed by atoms with E-state index >= 15 is 0 Å². The first-order chi connectivity index (χ1) is 13.4. The average Bonchev–Trinajstić information content (AvgIpc) is 3.19. The summed E-state index contributed by atoms with van der Waals surface area (Å²) in [5.41, 5.74) is 3.03. The third-order valence-electron chi connectivity index (χ3n) is 3.95. The number of thiophene rings is 1. The van der Waals surface area contributed by atoms with Crippen molar-refractivity contribution in [1.29, 1.82) is 0 Å². The number of amides is 2. The Morgan fingerprint density at radius 1 is 1.07 bits per heavy atom. The molecule has 0 atom stereocenters. The van der Waals surface area contributed by atoms with Gasteiger partial charge in [-0.25, -0.2) is 0 Å². The van der Waals surface area contributed by atoms with Crippen molar-refractivity contribution in [3.05, 3.63) is 74.9 Å². The lowest BCUT2D eigenvalue weighted by Gasteiger charge is -2.12. The summed E-state index contributed by atoms with van der Waals surface area (Å²) in [5.74, 6) is 0.155. The maximum absolute atomic E-state index is 12.2. The van der Waals surface area contributed by atoms with Gasteiger partial charge in [-0.1, -0.05) is 29.8 Å². The van der Waals surface area contributed by atoms with E-state index in [1.807, 2.05) is 37.4 Å². The topological polar surface area (TPSA) is 67.4 Å². The maximum Gasteiger partial charge on any atom is 0.265 e. The fourth-order valence-electron chi connectivity index (χ4n) is 2.49. The van der Waals surface area contributed by atoms with Crippen LogP contribution in [0.25, 0.3) is 0 Å². The van der Waals surface area contributed by atoms with Crippen LogP contribution in [0.2, 0.25) is 5.02 Å². The molecule has 0 radical (unpaired) electrons.